The topological polar surface area (TPSA) is 97.8 Å². The summed E-state index contributed by atoms with van der Waals surface area (Å²) in [7, 11) is 0. The second-order valence-corrected chi connectivity index (χ2v) is 8.17. The van der Waals surface area contributed by atoms with Crippen molar-refractivity contribution in [2.45, 2.75) is 38.4 Å². The Morgan fingerprint density at radius 1 is 1.32 bits per heavy atom. The molecule has 1 aromatic rings. The molecular formula is C21H23ClFN5O3. The molecule has 8 nitrogen and oxygen atoms in total. The molecule has 0 bridgehead atoms. The maximum absolute atomic E-state index is 13.4. The van der Waals surface area contributed by atoms with Gasteiger partial charge >= 0.3 is 5.97 Å². The van der Waals surface area contributed by atoms with Gasteiger partial charge in [-0.25, -0.2) is 9.78 Å². The molecule has 0 radical (unpaired) electrons. The summed E-state index contributed by atoms with van der Waals surface area (Å²) >= 11 is 6.28. The van der Waals surface area contributed by atoms with Gasteiger partial charge in [0.1, 0.15) is 12.0 Å². The van der Waals surface area contributed by atoms with E-state index in [1.54, 1.807) is 18.4 Å². The van der Waals surface area contributed by atoms with Gasteiger partial charge < -0.3 is 20.6 Å². The second kappa shape index (κ2) is 8.58. The van der Waals surface area contributed by atoms with Gasteiger partial charge in [-0.2, -0.15) is 4.39 Å². The lowest BCUT2D eigenvalue weighted by Gasteiger charge is -2.43. The van der Waals surface area contributed by atoms with Gasteiger partial charge in [0.15, 0.2) is 5.69 Å². The summed E-state index contributed by atoms with van der Waals surface area (Å²) in [6.07, 6.45) is 7.74. The van der Waals surface area contributed by atoms with Gasteiger partial charge in [-0.15, -0.1) is 0 Å². The van der Waals surface area contributed by atoms with E-state index in [1.807, 2.05) is 6.92 Å². The first-order valence-electron chi connectivity index (χ1n) is 10.1. The van der Waals surface area contributed by atoms with Gasteiger partial charge in [0.2, 0.25) is 5.95 Å². The summed E-state index contributed by atoms with van der Waals surface area (Å²) in [6.45, 7) is 3.58. The summed E-state index contributed by atoms with van der Waals surface area (Å²) < 4.78 is 13.4. The molecule has 164 valence electrons. The van der Waals surface area contributed by atoms with Crippen LogP contribution in [0, 0.1) is 5.95 Å². The summed E-state index contributed by atoms with van der Waals surface area (Å²) in [4.78, 5) is 31.5. The minimum absolute atomic E-state index is 0.174. The van der Waals surface area contributed by atoms with E-state index in [1.165, 1.54) is 17.4 Å². The number of nitrogens with zero attached hydrogens (tertiary/aromatic N) is 3. The Balaban J connectivity index is 1.60. The first kappa shape index (κ1) is 21.2. The highest BCUT2D eigenvalue weighted by Gasteiger charge is 2.36. The highest BCUT2D eigenvalue weighted by atomic mass is 35.5. The van der Waals surface area contributed by atoms with E-state index >= 15 is 0 Å². The third-order valence-corrected chi connectivity index (χ3v) is 5.80. The molecule has 1 unspecified atom stereocenters. The molecule has 1 fully saturated rings. The number of halogens is 2. The van der Waals surface area contributed by atoms with Crippen molar-refractivity contribution in [3.63, 3.8) is 0 Å². The van der Waals surface area contributed by atoms with Crippen LogP contribution in [-0.2, 0) is 4.79 Å². The maximum Gasteiger partial charge on any atom is 0.356 e. The van der Waals surface area contributed by atoms with Crippen molar-refractivity contribution in [1.29, 1.82) is 0 Å². The highest BCUT2D eigenvalue weighted by Crippen LogP contribution is 2.30. The number of carbonyl (C=O) groups is 2. The smallest absolute Gasteiger partial charge is 0.356 e. The summed E-state index contributed by atoms with van der Waals surface area (Å²) in [5.74, 6) is -1.63. The monoisotopic (exact) mass is 447 g/mol. The molecule has 2 atom stereocenters. The number of amides is 1. The van der Waals surface area contributed by atoms with Crippen LogP contribution in [0.4, 0.5) is 10.1 Å². The van der Waals surface area contributed by atoms with Gasteiger partial charge in [-0.05, 0) is 50.0 Å². The van der Waals surface area contributed by atoms with Crippen LogP contribution in [0.3, 0.4) is 0 Å². The molecule has 1 saturated heterocycles. The molecule has 4 rings (SSSR count). The predicted octanol–water partition coefficient (Wildman–Crippen LogP) is 2.82. The lowest BCUT2D eigenvalue weighted by molar-refractivity contribution is -0.126. The molecule has 0 aliphatic carbocycles. The zero-order chi connectivity index (χ0) is 22.1. The molecule has 3 N–H and O–H groups in total. The number of carboxylic acid groups (broad SMARTS) is 1. The van der Waals surface area contributed by atoms with Crippen molar-refractivity contribution in [3.05, 3.63) is 58.6 Å². The van der Waals surface area contributed by atoms with Crippen LogP contribution in [0.1, 0.15) is 36.7 Å². The normalized spacial score (nSPS) is 22.0. The fourth-order valence-electron chi connectivity index (χ4n) is 4.07. The Morgan fingerprint density at radius 2 is 2.06 bits per heavy atom. The SMILES string of the molecule is C[C@@H](Nc1ccc(F)nc1C(=O)O)C1=CC(Cl)=CN2C(=O)C=C(N3CCCCC3)NC12. The van der Waals surface area contributed by atoms with Crippen molar-refractivity contribution in [3.8, 4) is 0 Å². The number of rotatable bonds is 5. The van der Waals surface area contributed by atoms with E-state index in [2.05, 4.69) is 20.5 Å². The molecule has 0 saturated carbocycles. The molecule has 31 heavy (non-hydrogen) atoms. The third kappa shape index (κ3) is 4.36. The van der Waals surface area contributed by atoms with Crippen LogP contribution in [0.15, 0.2) is 46.9 Å². The zero-order valence-electron chi connectivity index (χ0n) is 16.9. The third-order valence-electron chi connectivity index (χ3n) is 5.59. The number of likely N-dealkylation sites (tertiary alicyclic amines) is 1. The molecule has 3 aliphatic heterocycles. The van der Waals surface area contributed by atoms with Crippen molar-refractivity contribution >= 4 is 29.2 Å². The number of piperidine rings is 1. The Kier molecular flexibility index (Phi) is 5.86. The van der Waals surface area contributed by atoms with Crippen LogP contribution < -0.4 is 10.6 Å². The number of pyridine rings is 1. The van der Waals surface area contributed by atoms with Crippen molar-refractivity contribution in [2.75, 3.05) is 18.4 Å². The average Bonchev–Trinajstić information content (AvgIpc) is 2.75. The minimum atomic E-state index is -1.34. The van der Waals surface area contributed by atoms with Crippen LogP contribution in [0.2, 0.25) is 0 Å². The van der Waals surface area contributed by atoms with E-state index in [0.717, 1.165) is 43.4 Å². The number of carbonyl (C=O) groups excluding carboxylic acids is 1. The lowest BCUT2D eigenvalue weighted by Crippen LogP contribution is -2.56. The van der Waals surface area contributed by atoms with Crippen molar-refractivity contribution < 1.29 is 19.1 Å². The van der Waals surface area contributed by atoms with Crippen LogP contribution in [0.5, 0.6) is 0 Å². The van der Waals surface area contributed by atoms with Crippen molar-refractivity contribution in [1.82, 2.24) is 20.1 Å². The molecule has 1 aromatic heterocycles. The van der Waals surface area contributed by atoms with Gasteiger partial charge in [-0.3, -0.25) is 9.69 Å². The minimum Gasteiger partial charge on any atom is -0.476 e. The summed E-state index contributed by atoms with van der Waals surface area (Å²) in [5, 5.41) is 16.2. The summed E-state index contributed by atoms with van der Waals surface area (Å²) in [5.41, 5.74) is 0.501. The number of fused-ring (bicyclic) bond motifs is 1. The molecule has 0 spiro atoms. The lowest BCUT2D eigenvalue weighted by atomic mass is 9.99. The number of anilines is 1. The number of allylic oxidation sites excluding steroid dienone is 2. The first-order chi connectivity index (χ1) is 14.8. The highest BCUT2D eigenvalue weighted by molar-refractivity contribution is 6.31. The van der Waals surface area contributed by atoms with E-state index in [4.69, 9.17) is 11.6 Å². The second-order valence-electron chi connectivity index (χ2n) is 7.73. The van der Waals surface area contributed by atoms with E-state index in [0.29, 0.717) is 5.03 Å². The van der Waals surface area contributed by atoms with Gasteiger partial charge in [0.05, 0.1) is 10.7 Å². The van der Waals surface area contributed by atoms with Crippen molar-refractivity contribution in [2.24, 2.45) is 0 Å². The predicted molar refractivity (Wildman–Crippen MR) is 114 cm³/mol. The molecule has 3 aliphatic rings. The fraction of sp³-hybridized carbons (Fsp3) is 0.381. The van der Waals surface area contributed by atoms with Gasteiger partial charge in [0.25, 0.3) is 5.91 Å². The van der Waals surface area contributed by atoms with Crippen LogP contribution in [0.25, 0.3) is 0 Å². The van der Waals surface area contributed by atoms with Gasteiger partial charge in [-0.1, -0.05) is 11.6 Å². The molecule has 4 heterocycles. The fourth-order valence-corrected chi connectivity index (χ4v) is 4.30. The number of hydrogen-bond donors (Lipinski definition) is 3. The molecular weight excluding hydrogens is 425 g/mol. The maximum atomic E-state index is 13.4. The Morgan fingerprint density at radius 3 is 2.77 bits per heavy atom. The number of carboxylic acids is 1. The number of hydrogen-bond acceptors (Lipinski definition) is 6. The standard InChI is InChI=1S/C21H23ClFN5O3/c1-12(24-15-5-6-16(23)25-19(15)21(30)31)14-9-13(22)11-28-18(29)10-17(26-20(14)28)27-7-3-2-4-8-27/h5-6,9-12,20,24,26H,2-4,7-8H2,1H3,(H,30,31)/t12-,20?/m1/s1. The van der Waals surface area contributed by atoms with E-state index < -0.39 is 29.8 Å². The Hall–Kier alpha value is -3.07. The summed E-state index contributed by atoms with van der Waals surface area (Å²) in [6, 6.07) is 2.00. The zero-order valence-corrected chi connectivity index (χ0v) is 17.7. The van der Waals surface area contributed by atoms with Gasteiger partial charge in [0, 0.05) is 31.4 Å². The van der Waals surface area contributed by atoms with Crippen LogP contribution in [-0.4, -0.2) is 57.1 Å². The van der Waals surface area contributed by atoms with Crippen LogP contribution >= 0.6 is 11.6 Å². The average molecular weight is 448 g/mol. The molecule has 0 aromatic carbocycles. The molecule has 1 amide bonds. The number of nitrogens with one attached hydrogen (secondary N) is 2. The largest absolute Gasteiger partial charge is 0.476 e. The first-order valence-corrected chi connectivity index (χ1v) is 10.5. The molecule has 10 heteroatoms. The van der Waals surface area contributed by atoms with E-state index in [9.17, 15) is 19.1 Å². The quantitative estimate of drug-likeness (QED) is 0.597. The Bertz CT molecular complexity index is 1000. The van der Waals surface area contributed by atoms with E-state index in [-0.39, 0.29) is 11.6 Å². The number of aromatic carboxylic acids is 1. The Labute approximate surface area is 184 Å². The number of aromatic nitrogens is 1.